The smallest absolute Gasteiger partial charge is 0.129 e. The third-order valence-corrected chi connectivity index (χ3v) is 3.81. The van der Waals surface area contributed by atoms with Crippen molar-refractivity contribution in [3.8, 4) is 0 Å². The molecular formula is C17H29ClN2. The number of pyridine rings is 1. The van der Waals surface area contributed by atoms with E-state index in [9.17, 15) is 0 Å². The number of alkyl halides is 1. The van der Waals surface area contributed by atoms with Gasteiger partial charge in [0.05, 0.1) is 0 Å². The van der Waals surface area contributed by atoms with Crippen LogP contribution in [0.25, 0.3) is 0 Å². The lowest BCUT2D eigenvalue weighted by Gasteiger charge is -2.28. The first-order valence-electron chi connectivity index (χ1n) is 7.94. The predicted molar refractivity (Wildman–Crippen MR) is 89.8 cm³/mol. The molecule has 0 aromatic carbocycles. The summed E-state index contributed by atoms with van der Waals surface area (Å²) < 4.78 is 0. The molecule has 0 fully saturated rings. The van der Waals surface area contributed by atoms with Gasteiger partial charge in [-0.25, -0.2) is 4.98 Å². The van der Waals surface area contributed by atoms with Crippen LogP contribution in [0.2, 0.25) is 0 Å². The lowest BCUT2D eigenvalue weighted by molar-refractivity contribution is 0.618. The fraction of sp³-hybridized carbons (Fsp3) is 0.706. The van der Waals surface area contributed by atoms with Crippen molar-refractivity contribution >= 4 is 17.4 Å². The number of rotatable bonds is 9. The third kappa shape index (κ3) is 5.32. The molecule has 0 saturated heterocycles. The molecule has 114 valence electrons. The van der Waals surface area contributed by atoms with Crippen LogP contribution in [0.4, 0.5) is 5.82 Å². The normalized spacial score (nSPS) is 11.1. The topological polar surface area (TPSA) is 16.1 Å². The fourth-order valence-corrected chi connectivity index (χ4v) is 2.57. The van der Waals surface area contributed by atoms with Crippen LogP contribution >= 0.6 is 11.6 Å². The van der Waals surface area contributed by atoms with E-state index in [0.717, 1.165) is 25.2 Å². The molecule has 0 unspecified atom stereocenters. The zero-order valence-corrected chi connectivity index (χ0v) is 14.2. The molecule has 20 heavy (non-hydrogen) atoms. The van der Waals surface area contributed by atoms with E-state index in [2.05, 4.69) is 44.7 Å². The predicted octanol–water partition coefficient (Wildman–Crippen LogP) is 5.18. The van der Waals surface area contributed by atoms with Crippen LogP contribution in [0.3, 0.4) is 0 Å². The lowest BCUT2D eigenvalue weighted by Crippen LogP contribution is -2.32. The van der Waals surface area contributed by atoms with Gasteiger partial charge in [-0.15, -0.1) is 11.6 Å². The highest BCUT2D eigenvalue weighted by molar-refractivity contribution is 6.17. The molecule has 0 atom stereocenters. The maximum atomic E-state index is 6.04. The molecule has 2 nitrogen and oxygen atoms in total. The Labute approximate surface area is 129 Å². The Morgan fingerprint density at radius 2 is 1.90 bits per heavy atom. The van der Waals surface area contributed by atoms with Gasteiger partial charge in [0.1, 0.15) is 5.82 Å². The Kier molecular flexibility index (Phi) is 7.98. The number of hydrogen-bond acceptors (Lipinski definition) is 2. The minimum absolute atomic E-state index is 0.472. The van der Waals surface area contributed by atoms with Gasteiger partial charge >= 0.3 is 0 Å². The van der Waals surface area contributed by atoms with E-state index in [4.69, 9.17) is 16.6 Å². The van der Waals surface area contributed by atoms with Crippen LogP contribution in [0.5, 0.6) is 0 Å². The SMILES string of the molecule is CCCCCN(c1cc(CCl)cc(CCC)n1)C(C)C. The van der Waals surface area contributed by atoms with E-state index in [1.807, 2.05) is 0 Å². The molecule has 3 heteroatoms. The molecule has 0 amide bonds. The maximum absolute atomic E-state index is 6.04. The van der Waals surface area contributed by atoms with E-state index in [0.29, 0.717) is 11.9 Å². The van der Waals surface area contributed by atoms with Crippen molar-refractivity contribution in [2.45, 2.75) is 71.7 Å². The van der Waals surface area contributed by atoms with Gasteiger partial charge in [-0.1, -0.05) is 33.1 Å². The molecule has 0 aliphatic carbocycles. The average Bonchev–Trinajstić information content (AvgIpc) is 2.43. The number of hydrogen-bond donors (Lipinski definition) is 0. The zero-order chi connectivity index (χ0) is 15.0. The van der Waals surface area contributed by atoms with Gasteiger partial charge in [-0.05, 0) is 44.4 Å². The van der Waals surface area contributed by atoms with Crippen molar-refractivity contribution in [2.24, 2.45) is 0 Å². The first kappa shape index (κ1) is 17.3. The summed E-state index contributed by atoms with van der Waals surface area (Å²) in [5.41, 5.74) is 2.35. The van der Waals surface area contributed by atoms with Gasteiger partial charge in [0, 0.05) is 24.2 Å². The summed E-state index contributed by atoms with van der Waals surface area (Å²) in [5, 5.41) is 0. The van der Waals surface area contributed by atoms with E-state index >= 15 is 0 Å². The largest absolute Gasteiger partial charge is 0.354 e. The summed E-state index contributed by atoms with van der Waals surface area (Å²) in [6, 6.07) is 4.77. The van der Waals surface area contributed by atoms with Crippen molar-refractivity contribution in [3.63, 3.8) is 0 Å². The number of aryl methyl sites for hydroxylation is 1. The van der Waals surface area contributed by atoms with Crippen LogP contribution in [0.1, 0.15) is 64.6 Å². The first-order chi connectivity index (χ1) is 9.62. The van der Waals surface area contributed by atoms with Gasteiger partial charge < -0.3 is 4.90 Å². The Morgan fingerprint density at radius 3 is 2.45 bits per heavy atom. The number of halogens is 1. The molecule has 1 rings (SSSR count). The first-order valence-corrected chi connectivity index (χ1v) is 8.48. The Bertz CT molecular complexity index is 391. The standard InChI is InChI=1S/C17H29ClN2/c1-5-7-8-10-20(14(3)4)17-12-15(13-18)11-16(19-17)9-6-2/h11-12,14H,5-10,13H2,1-4H3. The minimum atomic E-state index is 0.472. The summed E-state index contributed by atoms with van der Waals surface area (Å²) in [4.78, 5) is 7.25. The van der Waals surface area contributed by atoms with Gasteiger partial charge in [0.2, 0.25) is 0 Å². The molecule has 1 heterocycles. The molecule has 1 aromatic rings. The van der Waals surface area contributed by atoms with E-state index < -0.39 is 0 Å². The second kappa shape index (κ2) is 9.23. The van der Waals surface area contributed by atoms with Crippen molar-refractivity contribution in [2.75, 3.05) is 11.4 Å². The molecule has 0 spiro atoms. The third-order valence-electron chi connectivity index (χ3n) is 3.51. The van der Waals surface area contributed by atoms with Gasteiger partial charge in [-0.3, -0.25) is 0 Å². The second-order valence-electron chi connectivity index (χ2n) is 5.70. The van der Waals surface area contributed by atoms with Crippen molar-refractivity contribution in [3.05, 3.63) is 23.4 Å². The molecule has 0 bridgehead atoms. The summed E-state index contributed by atoms with van der Waals surface area (Å²) in [5.74, 6) is 1.66. The summed E-state index contributed by atoms with van der Waals surface area (Å²) in [6.45, 7) is 9.98. The zero-order valence-electron chi connectivity index (χ0n) is 13.5. The Balaban J connectivity index is 2.95. The van der Waals surface area contributed by atoms with Gasteiger partial charge in [0.25, 0.3) is 0 Å². The Morgan fingerprint density at radius 1 is 1.15 bits per heavy atom. The Hall–Kier alpha value is -0.760. The van der Waals surface area contributed by atoms with E-state index in [1.54, 1.807) is 0 Å². The molecular weight excluding hydrogens is 268 g/mol. The number of aromatic nitrogens is 1. The number of unbranched alkanes of at least 4 members (excludes halogenated alkanes) is 2. The lowest BCUT2D eigenvalue weighted by atomic mass is 10.1. The molecule has 1 aromatic heterocycles. The molecule has 0 aliphatic rings. The van der Waals surface area contributed by atoms with Crippen LogP contribution < -0.4 is 4.90 Å². The summed E-state index contributed by atoms with van der Waals surface area (Å²) in [6.07, 6.45) is 5.90. The molecule has 0 aliphatic heterocycles. The van der Waals surface area contributed by atoms with Crippen molar-refractivity contribution in [1.29, 1.82) is 0 Å². The minimum Gasteiger partial charge on any atom is -0.354 e. The summed E-state index contributed by atoms with van der Waals surface area (Å²) in [7, 11) is 0. The van der Waals surface area contributed by atoms with Crippen LogP contribution in [0.15, 0.2) is 12.1 Å². The van der Waals surface area contributed by atoms with E-state index in [-0.39, 0.29) is 0 Å². The van der Waals surface area contributed by atoms with Crippen LogP contribution in [-0.4, -0.2) is 17.6 Å². The quantitative estimate of drug-likeness (QED) is 0.461. The number of nitrogens with zero attached hydrogens (tertiary/aromatic N) is 2. The molecule has 0 N–H and O–H groups in total. The van der Waals surface area contributed by atoms with Crippen LogP contribution in [0, 0.1) is 0 Å². The van der Waals surface area contributed by atoms with Gasteiger partial charge in [0.15, 0.2) is 0 Å². The maximum Gasteiger partial charge on any atom is 0.129 e. The molecule has 0 radical (unpaired) electrons. The van der Waals surface area contributed by atoms with Crippen molar-refractivity contribution < 1.29 is 0 Å². The molecule has 0 saturated carbocycles. The highest BCUT2D eigenvalue weighted by atomic mass is 35.5. The monoisotopic (exact) mass is 296 g/mol. The second-order valence-corrected chi connectivity index (χ2v) is 5.97. The van der Waals surface area contributed by atoms with E-state index in [1.165, 1.54) is 30.5 Å². The highest BCUT2D eigenvalue weighted by Crippen LogP contribution is 2.20. The average molecular weight is 297 g/mol. The fourth-order valence-electron chi connectivity index (χ4n) is 2.41. The van der Waals surface area contributed by atoms with Gasteiger partial charge in [-0.2, -0.15) is 0 Å². The van der Waals surface area contributed by atoms with Crippen LogP contribution in [-0.2, 0) is 12.3 Å². The highest BCUT2D eigenvalue weighted by Gasteiger charge is 2.13. The summed E-state index contributed by atoms with van der Waals surface area (Å²) >= 11 is 6.04. The number of anilines is 1. The van der Waals surface area contributed by atoms with Crippen molar-refractivity contribution in [1.82, 2.24) is 4.98 Å².